The second-order valence-corrected chi connectivity index (χ2v) is 7.37. The topological polar surface area (TPSA) is 69.0 Å². The van der Waals surface area contributed by atoms with E-state index in [1.165, 1.54) is 6.20 Å². The van der Waals surface area contributed by atoms with E-state index in [-0.39, 0.29) is 11.9 Å². The van der Waals surface area contributed by atoms with Gasteiger partial charge in [0.2, 0.25) is 0 Å². The van der Waals surface area contributed by atoms with E-state index in [1.807, 2.05) is 68.4 Å². The smallest absolute Gasteiger partial charge is 0.254 e. The van der Waals surface area contributed by atoms with Crippen molar-refractivity contribution in [2.75, 3.05) is 7.11 Å². The zero-order chi connectivity index (χ0) is 21.3. The van der Waals surface area contributed by atoms with Crippen LogP contribution in [0.3, 0.4) is 0 Å². The van der Waals surface area contributed by atoms with Gasteiger partial charge in [0.05, 0.1) is 40.5 Å². The number of hydrogen-bond acceptors (Lipinski definition) is 4. The van der Waals surface area contributed by atoms with Crippen molar-refractivity contribution >= 4 is 28.5 Å². The molecule has 2 aromatic heterocycles. The minimum absolute atomic E-state index is 0.161. The number of ether oxygens (including phenoxy) is 1. The number of benzene rings is 2. The van der Waals surface area contributed by atoms with Gasteiger partial charge in [-0.05, 0) is 31.5 Å². The average Bonchev–Trinajstić information content (AvgIpc) is 3.11. The number of aryl methyl sites for hydroxylation is 1. The minimum atomic E-state index is -0.278. The van der Waals surface area contributed by atoms with Crippen molar-refractivity contribution in [2.45, 2.75) is 19.9 Å². The molecule has 2 heterocycles. The average molecular weight is 421 g/mol. The molecule has 0 saturated heterocycles. The molecule has 2 aromatic carbocycles. The van der Waals surface area contributed by atoms with Gasteiger partial charge in [0.15, 0.2) is 5.65 Å². The van der Waals surface area contributed by atoms with Crippen LogP contribution in [0.5, 0.6) is 5.75 Å². The molecule has 7 heteroatoms. The summed E-state index contributed by atoms with van der Waals surface area (Å²) in [6, 6.07) is 17.1. The summed E-state index contributed by atoms with van der Waals surface area (Å²) < 4.78 is 7.00. The van der Waals surface area contributed by atoms with Gasteiger partial charge in [-0.3, -0.25) is 4.79 Å². The predicted molar refractivity (Wildman–Crippen MR) is 117 cm³/mol. The Morgan fingerprint density at radius 2 is 1.93 bits per heavy atom. The van der Waals surface area contributed by atoms with E-state index in [4.69, 9.17) is 16.3 Å². The number of methoxy groups -OCH3 is 1. The normalized spacial score (nSPS) is 12.0. The molecule has 1 amide bonds. The summed E-state index contributed by atoms with van der Waals surface area (Å²) in [5.74, 6) is 0.435. The third-order valence-electron chi connectivity index (χ3n) is 5.00. The highest BCUT2D eigenvalue weighted by molar-refractivity contribution is 6.38. The Balaban J connectivity index is 1.71. The number of rotatable bonds is 5. The number of aromatic nitrogens is 3. The third kappa shape index (κ3) is 3.62. The maximum Gasteiger partial charge on any atom is 0.254 e. The Morgan fingerprint density at radius 1 is 1.17 bits per heavy atom. The highest BCUT2D eigenvalue weighted by atomic mass is 35.5. The second-order valence-electron chi connectivity index (χ2n) is 6.99. The zero-order valence-electron chi connectivity index (χ0n) is 16.9. The quantitative estimate of drug-likeness (QED) is 0.499. The largest absolute Gasteiger partial charge is 0.497 e. The monoisotopic (exact) mass is 420 g/mol. The highest BCUT2D eigenvalue weighted by Gasteiger charge is 2.21. The molecule has 0 aliphatic carbocycles. The van der Waals surface area contributed by atoms with Crippen molar-refractivity contribution in [3.8, 4) is 11.4 Å². The zero-order valence-corrected chi connectivity index (χ0v) is 17.6. The molecular weight excluding hydrogens is 400 g/mol. The van der Waals surface area contributed by atoms with E-state index >= 15 is 0 Å². The second kappa shape index (κ2) is 8.16. The van der Waals surface area contributed by atoms with E-state index < -0.39 is 0 Å². The molecule has 30 heavy (non-hydrogen) atoms. The van der Waals surface area contributed by atoms with E-state index in [0.717, 1.165) is 11.3 Å². The number of carbonyl (C=O) groups excluding carboxylic acids is 1. The maximum absolute atomic E-state index is 12.9. The molecule has 1 atom stereocenters. The Hall–Kier alpha value is -3.38. The summed E-state index contributed by atoms with van der Waals surface area (Å²) in [6.07, 6.45) is 1.50. The summed E-state index contributed by atoms with van der Waals surface area (Å²) in [4.78, 5) is 17.4. The van der Waals surface area contributed by atoms with Crippen LogP contribution < -0.4 is 10.1 Å². The van der Waals surface area contributed by atoms with Gasteiger partial charge in [-0.15, -0.1) is 0 Å². The van der Waals surface area contributed by atoms with Crippen LogP contribution in [0.15, 0.2) is 60.8 Å². The molecule has 0 spiro atoms. The first kappa shape index (κ1) is 19.9. The lowest BCUT2D eigenvalue weighted by molar-refractivity contribution is 0.0940. The fourth-order valence-electron chi connectivity index (χ4n) is 3.39. The van der Waals surface area contributed by atoms with Crippen molar-refractivity contribution in [2.24, 2.45) is 0 Å². The SMILES string of the molecule is COc1cccc(-n2nc(C)c3c(Cl)c(C(=O)N[C@H](C)c4ccccc4)cnc32)c1. The van der Waals surface area contributed by atoms with Gasteiger partial charge in [-0.1, -0.05) is 48.0 Å². The van der Waals surface area contributed by atoms with Crippen LogP contribution in [0, 0.1) is 6.92 Å². The lowest BCUT2D eigenvalue weighted by Gasteiger charge is -2.15. The first-order valence-electron chi connectivity index (χ1n) is 9.53. The lowest BCUT2D eigenvalue weighted by Crippen LogP contribution is -2.27. The molecule has 0 fully saturated rings. The predicted octanol–water partition coefficient (Wildman–Crippen LogP) is 4.88. The van der Waals surface area contributed by atoms with E-state index in [0.29, 0.717) is 33.1 Å². The number of fused-ring (bicyclic) bond motifs is 1. The minimum Gasteiger partial charge on any atom is -0.497 e. The Bertz CT molecular complexity index is 1220. The van der Waals surface area contributed by atoms with Crippen molar-refractivity contribution < 1.29 is 9.53 Å². The molecule has 0 bridgehead atoms. The number of halogens is 1. The summed E-state index contributed by atoms with van der Waals surface area (Å²) in [7, 11) is 1.61. The van der Waals surface area contributed by atoms with Crippen molar-refractivity contribution in [1.29, 1.82) is 0 Å². The van der Waals surface area contributed by atoms with Gasteiger partial charge >= 0.3 is 0 Å². The van der Waals surface area contributed by atoms with Crippen molar-refractivity contribution in [1.82, 2.24) is 20.1 Å². The fourth-order valence-corrected chi connectivity index (χ4v) is 3.74. The third-order valence-corrected chi connectivity index (χ3v) is 5.39. The molecule has 0 aliphatic rings. The maximum atomic E-state index is 12.9. The Morgan fingerprint density at radius 3 is 2.67 bits per heavy atom. The summed E-state index contributed by atoms with van der Waals surface area (Å²) in [5, 5.41) is 8.56. The summed E-state index contributed by atoms with van der Waals surface area (Å²) >= 11 is 6.65. The molecule has 0 radical (unpaired) electrons. The molecule has 0 saturated carbocycles. The molecule has 4 aromatic rings. The first-order chi connectivity index (χ1) is 14.5. The van der Waals surface area contributed by atoms with Crippen molar-refractivity contribution in [3.05, 3.63) is 82.6 Å². The van der Waals surface area contributed by atoms with Crippen LogP contribution in [0.25, 0.3) is 16.7 Å². The molecule has 4 rings (SSSR count). The van der Waals surface area contributed by atoms with Gasteiger partial charge in [-0.2, -0.15) is 5.10 Å². The van der Waals surface area contributed by atoms with E-state index in [2.05, 4.69) is 15.4 Å². The van der Waals surface area contributed by atoms with E-state index in [9.17, 15) is 4.79 Å². The molecule has 0 aliphatic heterocycles. The molecule has 6 nitrogen and oxygen atoms in total. The molecule has 1 N–H and O–H groups in total. The molecule has 0 unspecified atom stereocenters. The van der Waals surface area contributed by atoms with Gasteiger partial charge in [0.1, 0.15) is 5.75 Å². The van der Waals surface area contributed by atoms with Crippen LogP contribution in [0.2, 0.25) is 5.02 Å². The number of amides is 1. The highest BCUT2D eigenvalue weighted by Crippen LogP contribution is 2.31. The van der Waals surface area contributed by atoms with E-state index in [1.54, 1.807) is 11.8 Å². The molecule has 152 valence electrons. The van der Waals surface area contributed by atoms with Crippen LogP contribution >= 0.6 is 11.6 Å². The number of nitrogens with one attached hydrogen (secondary N) is 1. The van der Waals surface area contributed by atoms with Gasteiger partial charge in [-0.25, -0.2) is 9.67 Å². The van der Waals surface area contributed by atoms with Crippen LogP contribution in [0.4, 0.5) is 0 Å². The number of carbonyl (C=O) groups is 1. The number of nitrogens with zero attached hydrogens (tertiary/aromatic N) is 3. The Labute approximate surface area is 179 Å². The van der Waals surface area contributed by atoms with Crippen LogP contribution in [0.1, 0.15) is 34.6 Å². The number of hydrogen-bond donors (Lipinski definition) is 1. The summed E-state index contributed by atoms with van der Waals surface area (Å²) in [6.45, 7) is 3.78. The van der Waals surface area contributed by atoms with Crippen molar-refractivity contribution in [3.63, 3.8) is 0 Å². The fraction of sp³-hybridized carbons (Fsp3) is 0.174. The first-order valence-corrected chi connectivity index (χ1v) is 9.91. The van der Waals surface area contributed by atoms with Gasteiger partial charge in [0.25, 0.3) is 5.91 Å². The number of pyridine rings is 1. The van der Waals surface area contributed by atoms with Gasteiger partial charge in [0, 0.05) is 12.3 Å². The van der Waals surface area contributed by atoms with Crippen LogP contribution in [-0.4, -0.2) is 27.8 Å². The summed E-state index contributed by atoms with van der Waals surface area (Å²) in [5.41, 5.74) is 3.40. The molecular formula is C23H21ClN4O2. The van der Waals surface area contributed by atoms with Crippen LogP contribution in [-0.2, 0) is 0 Å². The van der Waals surface area contributed by atoms with Gasteiger partial charge < -0.3 is 10.1 Å². The standard InChI is InChI=1S/C23H21ClN4O2/c1-14(16-8-5-4-6-9-16)26-23(29)19-13-25-22-20(21(19)24)15(2)27-28(22)17-10-7-11-18(12-17)30-3/h4-14H,1-3H3,(H,26,29)/t14-/m1/s1. The lowest BCUT2D eigenvalue weighted by atomic mass is 10.1. The Kier molecular flexibility index (Phi) is 5.42.